The number of amides is 1. The molecule has 0 atom stereocenters. The molecule has 1 N–H and O–H groups in total. The SMILES string of the molecule is CCOC(=O)N[14c]1[14c]([N+](=O)[O-])[14cH][14cH][14cH][14c]1[N+](=O)[O-]. The normalized spacial score (nSPS) is 9.61. The van der Waals surface area contributed by atoms with Gasteiger partial charge < -0.3 is 4.74 Å². The van der Waals surface area contributed by atoms with Crippen LogP contribution in [0, 0.1) is 20.2 Å². The highest BCUT2D eigenvalue weighted by atomic mass is 16.7. The van der Waals surface area contributed by atoms with Crippen LogP contribution in [0.25, 0.3) is 0 Å². The number of hydrogen-bond donors (Lipinski definition) is 1. The Kier molecular flexibility index (Phi) is 4.13. The average Bonchev–Trinajstić information content (AvgIpc) is 2.28. The number of hydrogen-bond acceptors (Lipinski definition) is 6. The van der Waals surface area contributed by atoms with Crippen LogP contribution in [0.1, 0.15) is 6.92 Å². The standard InChI is InChI=1S/C9H9N3O6/c1-2-18-9(13)10-8-6(11(14)15)4-3-5-7(8)12(16)17/h3-5H,2H2,1H3,(H,10,13)/i3+2,4+2,5+2,6+2,7+2,8+2. The van der Waals surface area contributed by atoms with E-state index in [2.05, 4.69) is 4.74 Å². The Morgan fingerprint density at radius 1 is 1.28 bits per heavy atom. The summed E-state index contributed by atoms with van der Waals surface area (Å²) in [6, 6.07) is 3.26. The minimum Gasteiger partial charge on any atom is -0.450 e. The van der Waals surface area contributed by atoms with Gasteiger partial charge in [0, 0.05) is 12.1 Å². The molecule has 96 valence electrons. The molecule has 0 aliphatic heterocycles. The summed E-state index contributed by atoms with van der Waals surface area (Å²) in [5.74, 6) is 0. The van der Waals surface area contributed by atoms with E-state index in [1.807, 2.05) is 5.32 Å². The highest BCUT2D eigenvalue weighted by Gasteiger charge is 2.26. The Balaban J connectivity index is 3.23. The summed E-state index contributed by atoms with van der Waals surface area (Å²) in [5, 5.41) is 23.5. The van der Waals surface area contributed by atoms with Crippen molar-refractivity contribution in [3.8, 4) is 0 Å². The molecule has 1 aromatic carbocycles. The second kappa shape index (κ2) is 5.57. The summed E-state index contributed by atoms with van der Waals surface area (Å²) in [5.41, 5.74) is -1.64. The van der Waals surface area contributed by atoms with Crippen molar-refractivity contribution in [2.45, 2.75) is 6.92 Å². The lowest BCUT2D eigenvalue weighted by molar-refractivity contribution is -0.392. The monoisotopic (exact) mass is 267 g/mol. The number of nitrogens with zero attached hydrogens (tertiary/aromatic N) is 2. The van der Waals surface area contributed by atoms with Crippen LogP contribution in [0.2, 0.25) is 0 Å². The van der Waals surface area contributed by atoms with E-state index in [0.29, 0.717) is 0 Å². The molecule has 9 heteroatoms. The molecule has 9 nitrogen and oxygen atoms in total. The van der Waals surface area contributed by atoms with Crippen LogP contribution >= 0.6 is 0 Å². The van der Waals surface area contributed by atoms with E-state index in [4.69, 9.17) is 0 Å². The van der Waals surface area contributed by atoms with E-state index in [1.54, 1.807) is 0 Å². The first-order valence-electron chi connectivity index (χ1n) is 4.83. The van der Waals surface area contributed by atoms with Crippen LogP contribution in [0.3, 0.4) is 0 Å². The van der Waals surface area contributed by atoms with Gasteiger partial charge in [0.1, 0.15) is 0 Å². The van der Waals surface area contributed by atoms with Crippen molar-refractivity contribution in [2.75, 3.05) is 11.9 Å². The van der Waals surface area contributed by atoms with Gasteiger partial charge in [-0.2, -0.15) is 0 Å². The Hall–Kier alpha value is -2.71. The van der Waals surface area contributed by atoms with Gasteiger partial charge in [-0.1, -0.05) is 0 Å². The van der Waals surface area contributed by atoms with Gasteiger partial charge in [-0.15, -0.1) is 0 Å². The maximum absolute atomic E-state index is 11.2. The molecule has 0 radical (unpaired) electrons. The molecule has 18 heavy (non-hydrogen) atoms. The highest BCUT2D eigenvalue weighted by molar-refractivity contribution is 5.91. The van der Waals surface area contributed by atoms with Crippen LogP contribution in [-0.2, 0) is 4.74 Å². The molecule has 0 fully saturated rings. The fourth-order valence-corrected chi connectivity index (χ4v) is 1.23. The molecule has 0 aromatic heterocycles. The molecule has 0 spiro atoms. The zero-order valence-corrected chi connectivity index (χ0v) is 9.28. The molecule has 0 heterocycles. The number of carbonyl (C=O) groups is 1. The highest BCUT2D eigenvalue weighted by Crippen LogP contribution is 2.33. The molecule has 0 aliphatic rings. The van der Waals surface area contributed by atoms with Gasteiger partial charge in [-0.05, 0) is 13.0 Å². The molecule has 0 saturated carbocycles. The first-order chi connectivity index (χ1) is 8.47. The van der Waals surface area contributed by atoms with Gasteiger partial charge in [0.15, 0.2) is 0 Å². The second-order valence-electron chi connectivity index (χ2n) is 3.03. The van der Waals surface area contributed by atoms with Crippen LogP contribution < -0.4 is 5.32 Å². The zero-order valence-electron chi connectivity index (χ0n) is 9.28. The minimum absolute atomic E-state index is 0.0419. The van der Waals surface area contributed by atoms with E-state index in [9.17, 15) is 25.0 Å². The van der Waals surface area contributed by atoms with Gasteiger partial charge >= 0.3 is 6.09 Å². The molecule has 1 aromatic rings. The summed E-state index contributed by atoms with van der Waals surface area (Å²) in [6.45, 7) is 1.58. The first kappa shape index (κ1) is 13.4. The average molecular weight is 267 g/mol. The number of para-hydroxylation sites is 1. The fraction of sp³-hybridized carbons (Fsp3) is 0.222. The third-order valence-electron chi connectivity index (χ3n) is 1.92. The van der Waals surface area contributed by atoms with Crippen molar-refractivity contribution in [2.24, 2.45) is 0 Å². The number of carbonyl (C=O) groups excluding carboxylic acids is 1. The molecular weight excluding hydrogens is 258 g/mol. The number of benzene rings is 1. The zero-order chi connectivity index (χ0) is 13.7. The van der Waals surface area contributed by atoms with Crippen molar-refractivity contribution >= 4 is 23.2 Å². The van der Waals surface area contributed by atoms with Gasteiger partial charge in [-0.25, -0.2) is 4.79 Å². The van der Waals surface area contributed by atoms with E-state index < -0.39 is 33.0 Å². The molecular formula is C9H9N3O6. The maximum Gasteiger partial charge on any atom is 0.412 e. The number of anilines is 1. The second-order valence-corrected chi connectivity index (χ2v) is 3.03. The van der Waals surface area contributed by atoms with Crippen LogP contribution in [0.5, 0.6) is 0 Å². The quantitative estimate of drug-likeness (QED) is 0.657. The summed E-state index contributed by atoms with van der Waals surface area (Å²) in [4.78, 5) is 31.0. The fourth-order valence-electron chi connectivity index (χ4n) is 1.23. The van der Waals surface area contributed by atoms with Crippen molar-refractivity contribution in [3.05, 3.63) is 38.4 Å². The third kappa shape index (κ3) is 2.90. The van der Waals surface area contributed by atoms with E-state index in [-0.39, 0.29) is 6.61 Å². The Labute approximate surface area is 101 Å². The minimum atomic E-state index is -0.991. The third-order valence-corrected chi connectivity index (χ3v) is 1.92. The number of ether oxygens (including phenoxy) is 1. The smallest absolute Gasteiger partial charge is 0.412 e. The Bertz CT molecular complexity index is 469. The summed E-state index contributed by atoms with van der Waals surface area (Å²) < 4.78 is 4.52. The van der Waals surface area contributed by atoms with E-state index in [0.717, 1.165) is 18.2 Å². The lowest BCUT2D eigenvalue weighted by Gasteiger charge is -2.06. The Morgan fingerprint density at radius 2 is 1.78 bits per heavy atom. The molecule has 0 aliphatic carbocycles. The lowest BCUT2D eigenvalue weighted by atomic mass is 10.9. The number of rotatable bonds is 4. The van der Waals surface area contributed by atoms with Gasteiger partial charge in [0.25, 0.3) is 11.4 Å². The van der Waals surface area contributed by atoms with Gasteiger partial charge in [-0.3, -0.25) is 25.5 Å². The molecule has 0 saturated heterocycles. The summed E-state index contributed by atoms with van der Waals surface area (Å²) in [6.07, 6.45) is -0.991. The van der Waals surface area contributed by atoms with Crippen LogP contribution in [0.4, 0.5) is 21.9 Å². The molecule has 0 bridgehead atoms. The largest absolute Gasteiger partial charge is 0.450 e. The topological polar surface area (TPSA) is 125 Å². The molecule has 1 amide bonds. The van der Waals surface area contributed by atoms with Gasteiger partial charge in [0.2, 0.25) is 5.69 Å². The van der Waals surface area contributed by atoms with E-state index >= 15 is 0 Å². The molecule has 1 rings (SSSR count). The van der Waals surface area contributed by atoms with Crippen molar-refractivity contribution in [1.82, 2.24) is 0 Å². The Morgan fingerprint density at radius 3 is 2.17 bits per heavy atom. The number of nitro benzene ring substituents is 2. The summed E-state index contributed by atoms with van der Waals surface area (Å²) in [7, 11) is 0. The predicted octanol–water partition coefficient (Wildman–Crippen LogP) is 2.07. The van der Waals surface area contributed by atoms with Gasteiger partial charge in [0.05, 0.1) is 16.5 Å². The number of nitrogens with one attached hydrogen (secondary N) is 1. The van der Waals surface area contributed by atoms with Crippen LogP contribution in [-0.4, -0.2) is 22.5 Å². The van der Waals surface area contributed by atoms with E-state index in [1.165, 1.54) is 6.92 Å². The first-order valence-corrected chi connectivity index (χ1v) is 4.83. The van der Waals surface area contributed by atoms with Crippen LogP contribution in [0.15, 0.2) is 18.2 Å². The van der Waals surface area contributed by atoms with Crippen molar-refractivity contribution in [3.63, 3.8) is 0 Å². The van der Waals surface area contributed by atoms with Crippen molar-refractivity contribution < 1.29 is 19.4 Å². The lowest BCUT2D eigenvalue weighted by Crippen LogP contribution is -2.15. The number of nitro groups is 2. The predicted molar refractivity (Wildman–Crippen MR) is 60.4 cm³/mol. The summed E-state index contributed by atoms with van der Waals surface area (Å²) >= 11 is 0. The van der Waals surface area contributed by atoms with Crippen molar-refractivity contribution in [1.29, 1.82) is 0 Å². The maximum atomic E-state index is 11.2. The molecule has 0 unspecified atom stereocenters.